The number of aliphatic hydroxyl groups excluding tert-OH is 1. The van der Waals surface area contributed by atoms with Crippen LogP contribution in [-0.2, 0) is 65.4 Å². The Morgan fingerprint density at radius 2 is 0.474 bits per heavy atom. The minimum atomic E-state index is -4.96. The molecule has 17 nitrogen and oxygen atoms in total. The Labute approximate surface area is 594 Å². The number of hydrogen-bond acceptors (Lipinski definition) is 15. The molecule has 0 aliphatic carbocycles. The van der Waals surface area contributed by atoms with Gasteiger partial charge < -0.3 is 33.8 Å². The summed E-state index contributed by atoms with van der Waals surface area (Å²) in [5.41, 5.74) is 0. The van der Waals surface area contributed by atoms with Gasteiger partial charge in [0.2, 0.25) is 0 Å². The molecule has 0 aliphatic rings. The van der Waals surface area contributed by atoms with Crippen molar-refractivity contribution in [2.24, 2.45) is 11.8 Å². The number of carbonyl (C=O) groups is 4. The predicted octanol–water partition coefficient (Wildman–Crippen LogP) is 23.1. The molecule has 0 heterocycles. The quantitative estimate of drug-likeness (QED) is 0.0222. The van der Waals surface area contributed by atoms with Crippen molar-refractivity contribution in [1.29, 1.82) is 0 Å². The van der Waals surface area contributed by atoms with E-state index in [1.54, 1.807) is 0 Å². The number of carbonyl (C=O) groups excluding carboxylic acids is 4. The zero-order chi connectivity index (χ0) is 71.4. The maximum Gasteiger partial charge on any atom is 0.472 e. The summed E-state index contributed by atoms with van der Waals surface area (Å²) >= 11 is 0. The van der Waals surface area contributed by atoms with E-state index < -0.39 is 97.5 Å². The molecule has 0 rings (SSSR count). The van der Waals surface area contributed by atoms with Crippen LogP contribution in [0.15, 0.2) is 0 Å². The largest absolute Gasteiger partial charge is 0.472 e. The molecule has 0 saturated carbocycles. The number of hydrogen-bond donors (Lipinski definition) is 3. The normalized spacial score (nSPS) is 14.0. The Kier molecular flexibility index (Phi) is 68.4. The maximum absolute atomic E-state index is 13.1. The first kappa shape index (κ1) is 95.1. The molecular weight excluding hydrogens is 1270 g/mol. The number of unbranched alkanes of at least 4 members (excludes halogenated alkanes) is 47. The van der Waals surface area contributed by atoms with Crippen molar-refractivity contribution in [2.75, 3.05) is 39.6 Å². The summed E-state index contributed by atoms with van der Waals surface area (Å²) in [7, 11) is -9.91. The fraction of sp³-hybridized carbons (Fsp3) is 0.949. The number of aliphatic hydroxyl groups is 1. The van der Waals surface area contributed by atoms with Crippen LogP contribution in [-0.4, -0.2) is 96.7 Å². The van der Waals surface area contributed by atoms with Crippen molar-refractivity contribution in [3.63, 3.8) is 0 Å². The van der Waals surface area contributed by atoms with Crippen molar-refractivity contribution >= 4 is 39.5 Å². The van der Waals surface area contributed by atoms with Gasteiger partial charge in [0.1, 0.15) is 19.3 Å². The molecule has 0 aliphatic heterocycles. The molecule has 0 aromatic rings. The van der Waals surface area contributed by atoms with Crippen LogP contribution in [0.3, 0.4) is 0 Å². The third kappa shape index (κ3) is 72.2. The first-order valence-corrected chi connectivity index (χ1v) is 43.5. The zero-order valence-corrected chi connectivity index (χ0v) is 65.2. The second-order valence-corrected chi connectivity index (χ2v) is 32.0. The molecule has 19 heteroatoms. The standard InChI is InChI=1S/C78H152O17P2/c1-7-9-11-13-15-17-19-21-24-29-33-37-41-48-54-60-75(80)88-66-73(94-77(82)62-57-51-43-39-35-31-27-23-26-28-32-36-40-46-52-58-70(3)4)68-92-96(84,85)90-64-72(79)65-91-97(86,87)93-69-74(67-89-76(81)61-55-49-45-44-47-53-59-71(5)6)95-78(83)63-56-50-42-38-34-30-25-22-20-18-16-14-12-10-8-2/h70-74,79H,7-69H2,1-6H3,(H,84,85)(H,86,87)/t72-,73-,74-/m1/s1. The smallest absolute Gasteiger partial charge is 0.462 e. The summed E-state index contributed by atoms with van der Waals surface area (Å²) < 4.78 is 68.6. The van der Waals surface area contributed by atoms with Crippen LogP contribution in [0.2, 0.25) is 0 Å². The van der Waals surface area contributed by atoms with Crippen LogP contribution < -0.4 is 0 Å². The van der Waals surface area contributed by atoms with Crippen LogP contribution in [0.25, 0.3) is 0 Å². The highest BCUT2D eigenvalue weighted by Gasteiger charge is 2.30. The molecule has 0 saturated heterocycles. The first-order chi connectivity index (χ1) is 46.9. The fourth-order valence-electron chi connectivity index (χ4n) is 12.0. The van der Waals surface area contributed by atoms with Gasteiger partial charge in [-0.05, 0) is 37.5 Å². The van der Waals surface area contributed by atoms with E-state index >= 15 is 0 Å². The highest BCUT2D eigenvalue weighted by Crippen LogP contribution is 2.45. The van der Waals surface area contributed by atoms with Gasteiger partial charge in [-0.1, -0.05) is 356 Å². The summed E-state index contributed by atoms with van der Waals surface area (Å²) in [5, 5.41) is 10.6. The number of esters is 4. The van der Waals surface area contributed by atoms with E-state index in [0.717, 1.165) is 102 Å². The van der Waals surface area contributed by atoms with Crippen LogP contribution in [0.1, 0.15) is 408 Å². The van der Waals surface area contributed by atoms with Crippen molar-refractivity contribution < 1.29 is 80.2 Å². The fourth-order valence-corrected chi connectivity index (χ4v) is 13.6. The topological polar surface area (TPSA) is 237 Å². The van der Waals surface area contributed by atoms with Gasteiger partial charge in [0, 0.05) is 25.7 Å². The van der Waals surface area contributed by atoms with Crippen molar-refractivity contribution in [2.45, 2.75) is 426 Å². The van der Waals surface area contributed by atoms with Crippen molar-refractivity contribution in [1.82, 2.24) is 0 Å². The lowest BCUT2D eigenvalue weighted by Gasteiger charge is -2.21. The van der Waals surface area contributed by atoms with Crippen molar-refractivity contribution in [3.05, 3.63) is 0 Å². The molecule has 0 bridgehead atoms. The van der Waals surface area contributed by atoms with Crippen LogP contribution in [0.5, 0.6) is 0 Å². The third-order valence-electron chi connectivity index (χ3n) is 18.2. The Balaban J connectivity index is 5.23. The average Bonchev–Trinajstić information content (AvgIpc) is 1.05. The van der Waals surface area contributed by atoms with E-state index in [2.05, 4.69) is 41.5 Å². The predicted molar refractivity (Wildman–Crippen MR) is 395 cm³/mol. The summed E-state index contributed by atoms with van der Waals surface area (Å²) in [5.74, 6) is -0.630. The van der Waals surface area contributed by atoms with Gasteiger partial charge in [0.15, 0.2) is 12.2 Å². The van der Waals surface area contributed by atoms with E-state index in [0.29, 0.717) is 31.6 Å². The molecular formula is C78H152O17P2. The zero-order valence-electron chi connectivity index (χ0n) is 63.4. The van der Waals surface area contributed by atoms with Gasteiger partial charge in [-0.2, -0.15) is 0 Å². The van der Waals surface area contributed by atoms with Crippen LogP contribution >= 0.6 is 15.6 Å². The minimum absolute atomic E-state index is 0.107. The van der Waals surface area contributed by atoms with Gasteiger partial charge in [0.25, 0.3) is 0 Å². The average molecular weight is 1420 g/mol. The van der Waals surface area contributed by atoms with Gasteiger partial charge in [-0.25, -0.2) is 9.13 Å². The van der Waals surface area contributed by atoms with E-state index in [1.807, 2.05) is 0 Å². The van der Waals surface area contributed by atoms with Gasteiger partial charge in [0.05, 0.1) is 26.4 Å². The van der Waals surface area contributed by atoms with E-state index in [4.69, 9.17) is 37.0 Å². The molecule has 576 valence electrons. The molecule has 0 aromatic carbocycles. The molecule has 0 aromatic heterocycles. The lowest BCUT2D eigenvalue weighted by atomic mass is 10.0. The van der Waals surface area contributed by atoms with E-state index in [-0.39, 0.29) is 25.7 Å². The molecule has 0 fully saturated rings. The Hall–Kier alpha value is -1.94. The minimum Gasteiger partial charge on any atom is -0.462 e. The van der Waals surface area contributed by atoms with Crippen LogP contribution in [0, 0.1) is 11.8 Å². The van der Waals surface area contributed by atoms with Crippen LogP contribution in [0.4, 0.5) is 0 Å². The second kappa shape index (κ2) is 69.8. The summed E-state index contributed by atoms with van der Waals surface area (Å²) in [6.07, 6.45) is 58.3. The Bertz CT molecular complexity index is 1870. The monoisotopic (exact) mass is 1420 g/mol. The molecule has 97 heavy (non-hydrogen) atoms. The first-order valence-electron chi connectivity index (χ1n) is 40.5. The maximum atomic E-state index is 13.1. The van der Waals surface area contributed by atoms with Crippen molar-refractivity contribution in [3.8, 4) is 0 Å². The summed E-state index contributed by atoms with van der Waals surface area (Å²) in [6.45, 7) is 9.57. The highest BCUT2D eigenvalue weighted by atomic mass is 31.2. The van der Waals surface area contributed by atoms with Gasteiger partial charge in [-0.3, -0.25) is 37.3 Å². The SMILES string of the molecule is CCCCCCCCCCCCCCCCCC(=O)OC[C@H](COP(=O)(O)OC[C@@H](O)COP(=O)(O)OC[C@@H](COC(=O)CCCCCCCCC(C)C)OC(=O)CCCCCCCCCCCCCCCCC)OC(=O)CCCCCCCCCCCCCCCCCC(C)C. The Morgan fingerprint density at radius 3 is 0.701 bits per heavy atom. The number of phosphoric ester groups is 2. The molecule has 2 unspecified atom stereocenters. The molecule has 5 atom stereocenters. The Morgan fingerprint density at radius 1 is 0.278 bits per heavy atom. The lowest BCUT2D eigenvalue weighted by molar-refractivity contribution is -0.161. The lowest BCUT2D eigenvalue weighted by Crippen LogP contribution is -2.30. The molecule has 3 N–H and O–H groups in total. The third-order valence-corrected chi connectivity index (χ3v) is 20.1. The number of ether oxygens (including phenoxy) is 4. The van der Waals surface area contributed by atoms with Gasteiger partial charge >= 0.3 is 39.5 Å². The highest BCUT2D eigenvalue weighted by molar-refractivity contribution is 7.47. The van der Waals surface area contributed by atoms with E-state index in [1.165, 1.54) is 218 Å². The summed E-state index contributed by atoms with van der Waals surface area (Å²) in [4.78, 5) is 72.9. The molecule has 0 amide bonds. The number of phosphoric acid groups is 2. The molecule has 0 radical (unpaired) electrons. The second-order valence-electron chi connectivity index (χ2n) is 29.1. The summed E-state index contributed by atoms with van der Waals surface area (Å²) in [6, 6.07) is 0. The van der Waals surface area contributed by atoms with E-state index in [9.17, 15) is 43.2 Å². The van der Waals surface area contributed by atoms with Gasteiger partial charge in [-0.15, -0.1) is 0 Å². The molecule has 0 spiro atoms. The number of rotatable bonds is 77.